The van der Waals surface area contributed by atoms with Crippen molar-refractivity contribution in [3.8, 4) is 0 Å². The summed E-state index contributed by atoms with van der Waals surface area (Å²) in [6, 6.07) is 9.22. The van der Waals surface area contributed by atoms with Crippen LogP contribution in [0.25, 0.3) is 0 Å². The van der Waals surface area contributed by atoms with Gasteiger partial charge in [-0.25, -0.2) is 13.2 Å². The Hall–Kier alpha value is -1.38. The third-order valence-corrected chi connectivity index (χ3v) is 5.57. The number of carboxylic acids is 1. The van der Waals surface area contributed by atoms with Gasteiger partial charge in [0.15, 0.2) is 0 Å². The highest BCUT2D eigenvalue weighted by molar-refractivity contribution is 9.10. The first-order chi connectivity index (χ1) is 8.88. The second-order valence-corrected chi connectivity index (χ2v) is 7.45. The van der Waals surface area contributed by atoms with E-state index in [4.69, 9.17) is 5.11 Å². The van der Waals surface area contributed by atoms with Crippen molar-refractivity contribution >= 4 is 48.9 Å². The Labute approximate surface area is 122 Å². The van der Waals surface area contributed by atoms with Crippen LogP contribution in [0.3, 0.4) is 0 Å². The number of carbonyl (C=O) groups is 1. The summed E-state index contributed by atoms with van der Waals surface area (Å²) in [5.41, 5.74) is 0.402. The Kier molecular flexibility index (Phi) is 3.93. The molecule has 0 spiro atoms. The zero-order valence-corrected chi connectivity index (χ0v) is 12.5. The molecule has 8 heteroatoms. The average Bonchev–Trinajstić information content (AvgIpc) is 2.78. The Morgan fingerprint density at radius 2 is 2.00 bits per heavy atom. The lowest BCUT2D eigenvalue weighted by Crippen LogP contribution is -2.11. The molecule has 1 aromatic carbocycles. The fourth-order valence-electron chi connectivity index (χ4n) is 1.34. The molecule has 0 atom stereocenters. The highest BCUT2D eigenvalue weighted by Gasteiger charge is 2.19. The number of nitrogens with one attached hydrogen (secondary N) is 1. The lowest BCUT2D eigenvalue weighted by molar-refractivity contribution is 0.0702. The van der Waals surface area contributed by atoms with Crippen LogP contribution in [0.4, 0.5) is 5.69 Å². The molecule has 0 bridgehead atoms. The number of carboxylic acid groups (broad SMARTS) is 1. The molecule has 0 fully saturated rings. The van der Waals surface area contributed by atoms with Crippen molar-refractivity contribution in [2.75, 3.05) is 4.72 Å². The van der Waals surface area contributed by atoms with E-state index in [0.29, 0.717) is 17.0 Å². The maximum Gasteiger partial charge on any atom is 0.345 e. The molecule has 1 heterocycles. The summed E-state index contributed by atoms with van der Waals surface area (Å²) in [5, 5.41) is 8.78. The lowest BCUT2D eigenvalue weighted by Gasteiger charge is -2.06. The maximum absolute atomic E-state index is 12.0. The molecule has 0 radical (unpaired) electrons. The summed E-state index contributed by atoms with van der Waals surface area (Å²) in [6.07, 6.45) is 0. The van der Waals surface area contributed by atoms with E-state index in [9.17, 15) is 13.2 Å². The van der Waals surface area contributed by atoms with Gasteiger partial charge in [0.25, 0.3) is 10.0 Å². The van der Waals surface area contributed by atoms with Crippen LogP contribution in [-0.2, 0) is 10.0 Å². The van der Waals surface area contributed by atoms with Crippen molar-refractivity contribution in [1.82, 2.24) is 0 Å². The molecular weight excluding hydrogens is 354 g/mol. The molecule has 5 nitrogen and oxygen atoms in total. The number of aromatic carboxylic acids is 1. The standard InChI is InChI=1S/C11H8BrNO4S2/c12-7-2-1-3-8(6-7)13-19(16,17)10-5-4-9(18-10)11(14)15/h1-6,13H,(H,14,15). The first-order valence-corrected chi connectivity index (χ1v) is 8.09. The van der Waals surface area contributed by atoms with Crippen molar-refractivity contribution in [3.63, 3.8) is 0 Å². The number of halogens is 1. The molecule has 2 N–H and O–H groups in total. The molecule has 0 aliphatic carbocycles. The van der Waals surface area contributed by atoms with E-state index in [0.717, 1.165) is 4.47 Å². The molecule has 0 amide bonds. The molecular formula is C11H8BrNO4S2. The minimum Gasteiger partial charge on any atom is -0.477 e. The predicted molar refractivity (Wildman–Crippen MR) is 76.2 cm³/mol. The van der Waals surface area contributed by atoms with Gasteiger partial charge in [-0.2, -0.15) is 0 Å². The van der Waals surface area contributed by atoms with E-state index in [1.165, 1.54) is 12.1 Å². The minimum atomic E-state index is -3.76. The SMILES string of the molecule is O=C(O)c1ccc(S(=O)(=O)Nc2cccc(Br)c2)s1. The number of rotatable bonds is 4. The van der Waals surface area contributed by atoms with E-state index >= 15 is 0 Å². The predicted octanol–water partition coefficient (Wildman–Crippen LogP) is 3.01. The third-order valence-electron chi connectivity index (χ3n) is 2.13. The van der Waals surface area contributed by atoms with E-state index in [2.05, 4.69) is 20.7 Å². The molecule has 0 aliphatic rings. The van der Waals surface area contributed by atoms with Crippen LogP contribution in [-0.4, -0.2) is 19.5 Å². The fourth-order valence-corrected chi connectivity index (χ4v) is 3.93. The van der Waals surface area contributed by atoms with Gasteiger partial charge in [-0.1, -0.05) is 22.0 Å². The Bertz CT molecular complexity index is 724. The summed E-state index contributed by atoms with van der Waals surface area (Å²) in [4.78, 5) is 10.7. The van der Waals surface area contributed by atoms with Gasteiger partial charge in [-0.15, -0.1) is 11.3 Å². The van der Waals surface area contributed by atoms with Gasteiger partial charge < -0.3 is 5.11 Å². The molecule has 0 unspecified atom stereocenters. The van der Waals surface area contributed by atoms with Gasteiger partial charge in [0.1, 0.15) is 9.09 Å². The number of thiophene rings is 1. The van der Waals surface area contributed by atoms with Gasteiger partial charge >= 0.3 is 5.97 Å². The zero-order valence-electron chi connectivity index (χ0n) is 9.33. The third kappa shape index (κ3) is 3.34. The topological polar surface area (TPSA) is 83.5 Å². The summed E-state index contributed by atoms with van der Waals surface area (Å²) >= 11 is 3.95. The van der Waals surface area contributed by atoms with E-state index in [1.54, 1.807) is 24.3 Å². The first kappa shape index (κ1) is 14.0. The Morgan fingerprint density at radius 3 is 2.58 bits per heavy atom. The maximum atomic E-state index is 12.0. The summed E-state index contributed by atoms with van der Waals surface area (Å²) < 4.78 is 27.2. The normalized spacial score (nSPS) is 11.2. The fraction of sp³-hybridized carbons (Fsp3) is 0. The second kappa shape index (κ2) is 5.32. The molecule has 19 heavy (non-hydrogen) atoms. The van der Waals surface area contributed by atoms with E-state index in [1.807, 2.05) is 0 Å². The lowest BCUT2D eigenvalue weighted by atomic mass is 10.3. The van der Waals surface area contributed by atoms with Crippen LogP contribution in [0.15, 0.2) is 45.1 Å². The van der Waals surface area contributed by atoms with Gasteiger partial charge in [-0.3, -0.25) is 4.72 Å². The van der Waals surface area contributed by atoms with Crippen LogP contribution in [0, 0.1) is 0 Å². The summed E-state index contributed by atoms with van der Waals surface area (Å²) in [5.74, 6) is -1.14. The Balaban J connectivity index is 2.29. The number of benzene rings is 1. The van der Waals surface area contributed by atoms with Gasteiger partial charge in [0.2, 0.25) is 0 Å². The summed E-state index contributed by atoms with van der Waals surface area (Å²) in [7, 11) is -3.76. The number of hydrogen-bond donors (Lipinski definition) is 2. The van der Waals surface area contributed by atoms with Crippen LogP contribution in [0.1, 0.15) is 9.67 Å². The average molecular weight is 362 g/mol. The first-order valence-electron chi connectivity index (χ1n) is 5.00. The van der Waals surface area contributed by atoms with Crippen LogP contribution in [0.2, 0.25) is 0 Å². The monoisotopic (exact) mass is 361 g/mol. The second-order valence-electron chi connectivity index (χ2n) is 3.54. The van der Waals surface area contributed by atoms with Gasteiger partial charge in [0.05, 0.1) is 0 Å². The van der Waals surface area contributed by atoms with E-state index < -0.39 is 16.0 Å². The van der Waals surface area contributed by atoms with Crippen molar-refractivity contribution in [2.24, 2.45) is 0 Å². The largest absolute Gasteiger partial charge is 0.477 e. The molecule has 0 saturated heterocycles. The quantitative estimate of drug-likeness (QED) is 0.876. The van der Waals surface area contributed by atoms with Crippen molar-refractivity contribution < 1.29 is 18.3 Å². The molecule has 0 saturated carbocycles. The van der Waals surface area contributed by atoms with E-state index in [-0.39, 0.29) is 9.09 Å². The smallest absolute Gasteiger partial charge is 0.345 e. The molecule has 2 aromatic rings. The Morgan fingerprint density at radius 1 is 1.26 bits per heavy atom. The minimum absolute atomic E-state index is 0.0189. The van der Waals surface area contributed by atoms with Crippen molar-refractivity contribution in [3.05, 3.63) is 45.7 Å². The summed E-state index contributed by atoms with van der Waals surface area (Å²) in [6.45, 7) is 0. The van der Waals surface area contributed by atoms with Crippen molar-refractivity contribution in [2.45, 2.75) is 4.21 Å². The molecule has 2 rings (SSSR count). The number of anilines is 1. The number of hydrogen-bond acceptors (Lipinski definition) is 4. The van der Waals surface area contributed by atoms with Crippen molar-refractivity contribution in [1.29, 1.82) is 0 Å². The van der Waals surface area contributed by atoms with Gasteiger partial charge in [-0.05, 0) is 30.3 Å². The molecule has 100 valence electrons. The molecule has 1 aromatic heterocycles. The van der Waals surface area contributed by atoms with Crippen LogP contribution < -0.4 is 4.72 Å². The highest BCUT2D eigenvalue weighted by Crippen LogP contribution is 2.25. The zero-order chi connectivity index (χ0) is 14.0. The van der Waals surface area contributed by atoms with Crippen LogP contribution in [0.5, 0.6) is 0 Å². The van der Waals surface area contributed by atoms with Gasteiger partial charge in [0, 0.05) is 10.2 Å². The number of sulfonamides is 1. The van der Waals surface area contributed by atoms with Crippen LogP contribution >= 0.6 is 27.3 Å². The molecule has 0 aliphatic heterocycles. The highest BCUT2D eigenvalue weighted by atomic mass is 79.9.